The van der Waals surface area contributed by atoms with Crippen molar-refractivity contribution in [2.24, 2.45) is 0 Å². The van der Waals surface area contributed by atoms with E-state index in [1.807, 2.05) is 0 Å². The second-order valence-electron chi connectivity index (χ2n) is 4.87. The number of carboxylic acids is 1. The molecule has 1 saturated heterocycles. The van der Waals surface area contributed by atoms with Crippen molar-refractivity contribution in [3.8, 4) is 0 Å². The first-order valence-corrected chi connectivity index (χ1v) is 9.57. The minimum atomic E-state index is -4.03. The summed E-state index contributed by atoms with van der Waals surface area (Å²) >= 11 is 0. The number of carboxylic acid groups (broad SMARTS) is 1. The van der Waals surface area contributed by atoms with E-state index in [0.29, 0.717) is 0 Å². The zero-order chi connectivity index (χ0) is 15.7. The fourth-order valence-electron chi connectivity index (χ4n) is 2.17. The quantitative estimate of drug-likeness (QED) is 0.778. The lowest BCUT2D eigenvalue weighted by molar-refractivity contribution is -0.139. The van der Waals surface area contributed by atoms with Gasteiger partial charge in [0, 0.05) is 0 Å². The molecule has 21 heavy (non-hydrogen) atoms. The van der Waals surface area contributed by atoms with Crippen molar-refractivity contribution < 1.29 is 26.7 Å². The maximum Gasteiger partial charge on any atom is 0.326 e. The number of carbonyl (C=O) groups is 1. The third-order valence-electron chi connectivity index (χ3n) is 3.29. The molecule has 1 aliphatic heterocycles. The minimum absolute atomic E-state index is 0.0151. The van der Waals surface area contributed by atoms with E-state index < -0.39 is 42.9 Å². The summed E-state index contributed by atoms with van der Waals surface area (Å²) < 4.78 is 49.2. The van der Waals surface area contributed by atoms with Crippen LogP contribution in [0.5, 0.6) is 0 Å². The topological polar surface area (TPSA) is 118 Å². The fourth-order valence-corrected chi connectivity index (χ4v) is 6.39. The van der Waals surface area contributed by atoms with Gasteiger partial charge in [0.25, 0.3) is 0 Å². The monoisotopic (exact) mass is 333 g/mol. The van der Waals surface area contributed by atoms with Crippen molar-refractivity contribution in [2.75, 3.05) is 11.5 Å². The van der Waals surface area contributed by atoms with Gasteiger partial charge in [0.15, 0.2) is 9.84 Å². The maximum absolute atomic E-state index is 12.2. The summed E-state index contributed by atoms with van der Waals surface area (Å²) in [4.78, 5) is 11.3. The number of hydrogen-bond acceptors (Lipinski definition) is 5. The van der Waals surface area contributed by atoms with Gasteiger partial charge in [-0.15, -0.1) is 0 Å². The maximum atomic E-state index is 12.2. The highest BCUT2D eigenvalue weighted by Gasteiger charge is 2.39. The third kappa shape index (κ3) is 3.80. The highest BCUT2D eigenvalue weighted by Crippen LogP contribution is 2.21. The molecule has 0 spiro atoms. The molecule has 1 aliphatic rings. The summed E-state index contributed by atoms with van der Waals surface area (Å²) in [6.45, 7) is 0. The number of aliphatic carboxylic acids is 1. The predicted octanol–water partition coefficient (Wildman–Crippen LogP) is -0.0812. The molecule has 0 amide bonds. The second-order valence-corrected chi connectivity index (χ2v) is 9.09. The molecule has 2 N–H and O–H groups in total. The first-order valence-electron chi connectivity index (χ1n) is 6.20. The van der Waals surface area contributed by atoms with Gasteiger partial charge in [-0.25, -0.2) is 16.8 Å². The molecule has 0 bridgehead atoms. The Morgan fingerprint density at radius 2 is 1.90 bits per heavy atom. The Balaban J connectivity index is 2.23. The van der Waals surface area contributed by atoms with Crippen LogP contribution in [-0.2, 0) is 24.7 Å². The van der Waals surface area contributed by atoms with Crippen LogP contribution in [0.3, 0.4) is 0 Å². The molecule has 0 saturated carbocycles. The van der Waals surface area contributed by atoms with Crippen LogP contribution in [0.1, 0.15) is 18.0 Å². The SMILES string of the molecule is O=C(O)[C@@H](NS(=O)(=O)C1CCS(=O)(=O)C1)c1ccccc1. The Morgan fingerprint density at radius 1 is 1.29 bits per heavy atom. The summed E-state index contributed by atoms with van der Waals surface area (Å²) in [5.41, 5.74) is 0.287. The van der Waals surface area contributed by atoms with E-state index in [-0.39, 0.29) is 17.7 Å². The molecule has 2 atom stereocenters. The molecule has 1 fully saturated rings. The van der Waals surface area contributed by atoms with Gasteiger partial charge in [0.05, 0.1) is 16.8 Å². The molecule has 0 radical (unpaired) electrons. The Labute approximate surface area is 123 Å². The standard InChI is InChI=1S/C12H15NO6S2/c14-12(15)11(9-4-2-1-3-5-9)13-21(18,19)10-6-7-20(16,17)8-10/h1-5,10-11,13H,6-8H2,(H,14,15)/t10?,11-/m0/s1. The van der Waals surface area contributed by atoms with Crippen LogP contribution in [0.25, 0.3) is 0 Å². The molecular weight excluding hydrogens is 318 g/mol. The van der Waals surface area contributed by atoms with Gasteiger partial charge in [0.2, 0.25) is 10.0 Å². The first-order chi connectivity index (χ1) is 9.71. The van der Waals surface area contributed by atoms with Gasteiger partial charge in [-0.2, -0.15) is 4.72 Å². The molecule has 1 aromatic rings. The van der Waals surface area contributed by atoms with E-state index in [4.69, 9.17) is 0 Å². The van der Waals surface area contributed by atoms with Crippen LogP contribution in [0.15, 0.2) is 30.3 Å². The van der Waals surface area contributed by atoms with E-state index >= 15 is 0 Å². The zero-order valence-electron chi connectivity index (χ0n) is 11.0. The second kappa shape index (κ2) is 5.74. The fraction of sp³-hybridized carbons (Fsp3) is 0.417. The first kappa shape index (κ1) is 15.9. The summed E-state index contributed by atoms with van der Waals surface area (Å²) in [7, 11) is -7.40. The summed E-state index contributed by atoms with van der Waals surface area (Å²) in [6, 6.07) is 6.43. The predicted molar refractivity (Wildman–Crippen MR) is 75.9 cm³/mol. The van der Waals surface area contributed by atoms with Crippen LogP contribution in [0.2, 0.25) is 0 Å². The van der Waals surface area contributed by atoms with E-state index in [1.165, 1.54) is 12.1 Å². The number of sulfonamides is 1. The molecule has 116 valence electrons. The highest BCUT2D eigenvalue weighted by atomic mass is 32.2. The van der Waals surface area contributed by atoms with Crippen molar-refractivity contribution >= 4 is 25.8 Å². The van der Waals surface area contributed by atoms with Gasteiger partial charge < -0.3 is 5.11 Å². The lowest BCUT2D eigenvalue weighted by atomic mass is 10.1. The molecule has 9 heteroatoms. The van der Waals surface area contributed by atoms with Gasteiger partial charge in [0.1, 0.15) is 6.04 Å². The van der Waals surface area contributed by atoms with E-state index in [1.54, 1.807) is 18.2 Å². The van der Waals surface area contributed by atoms with E-state index in [2.05, 4.69) is 4.72 Å². The van der Waals surface area contributed by atoms with Crippen LogP contribution in [0, 0.1) is 0 Å². The van der Waals surface area contributed by atoms with Gasteiger partial charge in [-0.05, 0) is 12.0 Å². The smallest absolute Gasteiger partial charge is 0.326 e. The Hall–Kier alpha value is -1.45. The zero-order valence-corrected chi connectivity index (χ0v) is 12.6. The average Bonchev–Trinajstić information content (AvgIpc) is 2.78. The lowest BCUT2D eigenvalue weighted by Gasteiger charge is -2.17. The summed E-state index contributed by atoms with van der Waals surface area (Å²) in [5, 5.41) is 8.09. The molecule has 2 rings (SSSR count). The van der Waals surface area contributed by atoms with E-state index in [9.17, 15) is 26.7 Å². The number of sulfone groups is 1. The third-order valence-corrected chi connectivity index (χ3v) is 7.11. The van der Waals surface area contributed by atoms with Crippen molar-refractivity contribution in [1.82, 2.24) is 4.72 Å². The molecule has 1 aromatic carbocycles. The normalized spacial score (nSPS) is 22.8. The molecule has 0 aromatic heterocycles. The van der Waals surface area contributed by atoms with Crippen LogP contribution >= 0.6 is 0 Å². The number of hydrogen-bond donors (Lipinski definition) is 2. The van der Waals surface area contributed by atoms with Crippen molar-refractivity contribution in [2.45, 2.75) is 17.7 Å². The van der Waals surface area contributed by atoms with E-state index in [0.717, 1.165) is 0 Å². The number of nitrogens with one attached hydrogen (secondary N) is 1. The van der Waals surface area contributed by atoms with Crippen molar-refractivity contribution in [3.05, 3.63) is 35.9 Å². The van der Waals surface area contributed by atoms with Crippen molar-refractivity contribution in [1.29, 1.82) is 0 Å². The van der Waals surface area contributed by atoms with Gasteiger partial charge >= 0.3 is 5.97 Å². The summed E-state index contributed by atoms with van der Waals surface area (Å²) in [5.74, 6) is -2.00. The highest BCUT2D eigenvalue weighted by molar-refractivity contribution is 7.95. The van der Waals surface area contributed by atoms with Crippen molar-refractivity contribution in [3.63, 3.8) is 0 Å². The molecule has 0 aliphatic carbocycles. The minimum Gasteiger partial charge on any atom is -0.480 e. The van der Waals surface area contributed by atoms with Gasteiger partial charge in [-0.1, -0.05) is 30.3 Å². The van der Waals surface area contributed by atoms with Crippen LogP contribution in [-0.4, -0.2) is 44.7 Å². The Bertz CT molecular complexity index is 726. The molecule has 7 nitrogen and oxygen atoms in total. The largest absolute Gasteiger partial charge is 0.480 e. The molecule has 1 unspecified atom stereocenters. The average molecular weight is 333 g/mol. The number of benzene rings is 1. The Morgan fingerprint density at radius 3 is 2.38 bits per heavy atom. The number of rotatable bonds is 5. The lowest BCUT2D eigenvalue weighted by Crippen LogP contribution is -2.40. The molecule has 1 heterocycles. The Kier molecular flexibility index (Phi) is 4.35. The molecular formula is C12H15NO6S2. The van der Waals surface area contributed by atoms with Crippen LogP contribution in [0.4, 0.5) is 0 Å². The van der Waals surface area contributed by atoms with Crippen LogP contribution < -0.4 is 4.72 Å². The van der Waals surface area contributed by atoms with Gasteiger partial charge in [-0.3, -0.25) is 4.79 Å². The summed E-state index contributed by atoms with van der Waals surface area (Å²) in [6.07, 6.45) is -0.0151.